The van der Waals surface area contributed by atoms with Crippen molar-refractivity contribution in [3.8, 4) is 0 Å². The number of hydrogen-bond acceptors (Lipinski definition) is 4. The molecular formula is C10H12BrN5OS. The van der Waals surface area contributed by atoms with Gasteiger partial charge in [0, 0.05) is 24.7 Å². The molecule has 2 heterocycles. The summed E-state index contributed by atoms with van der Waals surface area (Å²) in [7, 11) is 0. The van der Waals surface area contributed by atoms with Gasteiger partial charge in [-0.3, -0.25) is 9.48 Å². The Hall–Kier alpha value is -1.28. The Labute approximate surface area is 118 Å². The maximum absolute atomic E-state index is 11.6. The van der Waals surface area contributed by atoms with Crippen LogP contribution < -0.4 is 5.32 Å². The van der Waals surface area contributed by atoms with Gasteiger partial charge in [-0.1, -0.05) is 0 Å². The number of carbonyl (C=O) groups excluding carboxylic acids is 1. The molecule has 0 aliphatic heterocycles. The van der Waals surface area contributed by atoms with Crippen LogP contribution in [0.1, 0.15) is 10.5 Å². The van der Waals surface area contributed by atoms with E-state index in [1.807, 2.05) is 6.20 Å². The lowest BCUT2D eigenvalue weighted by molar-refractivity contribution is 0.0950. The predicted molar refractivity (Wildman–Crippen MR) is 73.7 cm³/mol. The van der Waals surface area contributed by atoms with E-state index in [4.69, 9.17) is 0 Å². The van der Waals surface area contributed by atoms with Crippen LogP contribution in [0, 0.1) is 0 Å². The minimum Gasteiger partial charge on any atom is -0.350 e. The van der Waals surface area contributed by atoms with Gasteiger partial charge in [0.15, 0.2) is 0 Å². The first-order chi connectivity index (χ1) is 8.69. The number of rotatable bonds is 5. The van der Waals surface area contributed by atoms with Crippen LogP contribution in [0.5, 0.6) is 0 Å². The smallest absolute Gasteiger partial charge is 0.271 e. The summed E-state index contributed by atoms with van der Waals surface area (Å²) in [6.07, 6.45) is 5.28. The molecule has 1 N–H and O–H groups in total. The highest BCUT2D eigenvalue weighted by molar-refractivity contribution is 9.10. The Morgan fingerprint density at radius 2 is 2.33 bits per heavy atom. The Morgan fingerprint density at radius 3 is 3.00 bits per heavy atom. The summed E-state index contributed by atoms with van der Waals surface area (Å²) < 4.78 is 4.27. The highest BCUT2D eigenvalue weighted by Gasteiger charge is 2.08. The number of thiol groups is 1. The zero-order chi connectivity index (χ0) is 13.0. The summed E-state index contributed by atoms with van der Waals surface area (Å²) in [6, 6.07) is 1.67. The fraction of sp³-hybridized carbons (Fsp3) is 0.300. The van der Waals surface area contributed by atoms with Crippen LogP contribution in [0.4, 0.5) is 0 Å². The topological polar surface area (TPSA) is 64.7 Å². The summed E-state index contributed by atoms with van der Waals surface area (Å²) in [5.74, 6) is 0.415. The van der Waals surface area contributed by atoms with Crippen molar-refractivity contribution in [1.82, 2.24) is 24.9 Å². The summed E-state index contributed by atoms with van der Waals surface area (Å²) in [5, 5.41) is 11.0. The van der Waals surface area contributed by atoms with E-state index in [1.165, 1.54) is 0 Å². The second-order valence-electron chi connectivity index (χ2n) is 3.56. The third-order valence-corrected chi connectivity index (χ3v) is 2.80. The number of nitrogens with zero attached hydrogens (tertiary/aromatic N) is 4. The van der Waals surface area contributed by atoms with Crippen molar-refractivity contribution in [1.29, 1.82) is 0 Å². The normalized spacial score (nSPS) is 10.6. The molecule has 18 heavy (non-hydrogen) atoms. The van der Waals surface area contributed by atoms with Crippen LogP contribution in [0.25, 0.3) is 0 Å². The molecule has 2 aromatic rings. The van der Waals surface area contributed by atoms with Gasteiger partial charge >= 0.3 is 0 Å². The van der Waals surface area contributed by atoms with Gasteiger partial charge in [-0.2, -0.15) is 22.8 Å². The lowest BCUT2D eigenvalue weighted by atomic mass is 10.4. The number of amides is 1. The lowest BCUT2D eigenvalue weighted by Gasteiger charge is -2.01. The number of halogens is 1. The SMILES string of the molecule is O=C(NCCS)c1ccn(Cn2cc(Br)cn2)n1. The second-order valence-corrected chi connectivity index (χ2v) is 4.92. The van der Waals surface area contributed by atoms with E-state index in [0.717, 1.165) is 4.47 Å². The Balaban J connectivity index is 1.99. The van der Waals surface area contributed by atoms with Crippen LogP contribution in [-0.2, 0) is 6.67 Å². The van der Waals surface area contributed by atoms with Crippen LogP contribution >= 0.6 is 28.6 Å². The molecule has 0 aromatic carbocycles. The minimum atomic E-state index is -0.190. The quantitative estimate of drug-likeness (QED) is 0.804. The standard InChI is InChI=1S/C10H12BrN5OS/c11-8-5-13-16(6-8)7-15-3-1-9(14-15)10(17)12-2-4-18/h1,3,5-6,18H,2,4,7H2,(H,12,17). The van der Waals surface area contributed by atoms with E-state index in [1.54, 1.807) is 27.8 Å². The second kappa shape index (κ2) is 6.05. The van der Waals surface area contributed by atoms with Crippen molar-refractivity contribution < 1.29 is 4.79 Å². The molecule has 2 rings (SSSR count). The first kappa shape index (κ1) is 13.2. The molecule has 1 amide bonds. The molecule has 6 nitrogen and oxygen atoms in total. The summed E-state index contributed by atoms with van der Waals surface area (Å²) in [5.41, 5.74) is 0.392. The Kier molecular flexibility index (Phi) is 4.43. The van der Waals surface area contributed by atoms with Gasteiger partial charge in [0.2, 0.25) is 0 Å². The van der Waals surface area contributed by atoms with E-state index >= 15 is 0 Å². The van der Waals surface area contributed by atoms with Crippen molar-refractivity contribution >= 4 is 34.5 Å². The van der Waals surface area contributed by atoms with Gasteiger partial charge < -0.3 is 5.32 Å². The molecule has 0 fully saturated rings. The number of aromatic nitrogens is 4. The zero-order valence-electron chi connectivity index (χ0n) is 9.45. The Morgan fingerprint density at radius 1 is 1.50 bits per heavy atom. The largest absolute Gasteiger partial charge is 0.350 e. The third-order valence-electron chi connectivity index (χ3n) is 2.16. The number of hydrogen-bond donors (Lipinski definition) is 2. The molecule has 0 atom stereocenters. The summed E-state index contributed by atoms with van der Waals surface area (Å²) in [6.45, 7) is 0.992. The monoisotopic (exact) mass is 329 g/mol. The highest BCUT2D eigenvalue weighted by atomic mass is 79.9. The molecule has 96 valence electrons. The van der Waals surface area contributed by atoms with E-state index < -0.39 is 0 Å². The molecule has 0 radical (unpaired) electrons. The molecule has 0 bridgehead atoms. The van der Waals surface area contributed by atoms with Crippen LogP contribution in [0.15, 0.2) is 29.1 Å². The molecule has 0 saturated carbocycles. The molecule has 0 aliphatic carbocycles. The first-order valence-corrected chi connectivity index (χ1v) is 6.72. The van der Waals surface area contributed by atoms with Gasteiger partial charge in [-0.15, -0.1) is 0 Å². The van der Waals surface area contributed by atoms with Crippen LogP contribution in [-0.4, -0.2) is 37.8 Å². The van der Waals surface area contributed by atoms with E-state index in [9.17, 15) is 4.79 Å². The minimum absolute atomic E-state index is 0.190. The maximum Gasteiger partial charge on any atom is 0.271 e. The maximum atomic E-state index is 11.6. The molecule has 0 spiro atoms. The fourth-order valence-corrected chi connectivity index (χ4v) is 1.83. The van der Waals surface area contributed by atoms with Gasteiger partial charge in [0.05, 0.1) is 10.7 Å². The van der Waals surface area contributed by atoms with Gasteiger partial charge in [-0.25, -0.2) is 4.68 Å². The van der Waals surface area contributed by atoms with Crippen LogP contribution in [0.2, 0.25) is 0 Å². The first-order valence-electron chi connectivity index (χ1n) is 5.29. The molecule has 8 heteroatoms. The van der Waals surface area contributed by atoms with E-state index in [2.05, 4.69) is 44.1 Å². The average molecular weight is 330 g/mol. The highest BCUT2D eigenvalue weighted by Crippen LogP contribution is 2.06. The number of carbonyl (C=O) groups is 1. The van der Waals surface area contributed by atoms with E-state index in [-0.39, 0.29) is 5.91 Å². The fourth-order valence-electron chi connectivity index (χ4n) is 1.39. The summed E-state index contributed by atoms with van der Waals surface area (Å²) in [4.78, 5) is 11.6. The van der Waals surface area contributed by atoms with Crippen molar-refractivity contribution in [3.63, 3.8) is 0 Å². The molecule has 2 aromatic heterocycles. The van der Waals surface area contributed by atoms with Gasteiger partial charge in [0.25, 0.3) is 5.91 Å². The van der Waals surface area contributed by atoms with Crippen molar-refractivity contribution in [2.45, 2.75) is 6.67 Å². The molecular weight excluding hydrogens is 318 g/mol. The van der Waals surface area contributed by atoms with Crippen molar-refractivity contribution in [2.24, 2.45) is 0 Å². The zero-order valence-corrected chi connectivity index (χ0v) is 11.9. The van der Waals surface area contributed by atoms with Gasteiger partial charge in [0.1, 0.15) is 12.4 Å². The van der Waals surface area contributed by atoms with Crippen LogP contribution in [0.3, 0.4) is 0 Å². The molecule has 0 saturated heterocycles. The summed E-state index contributed by atoms with van der Waals surface area (Å²) >= 11 is 7.34. The van der Waals surface area contributed by atoms with Crippen molar-refractivity contribution in [2.75, 3.05) is 12.3 Å². The average Bonchev–Trinajstić information content (AvgIpc) is 2.96. The molecule has 0 aliphatic rings. The van der Waals surface area contributed by atoms with Crippen molar-refractivity contribution in [3.05, 3.63) is 34.8 Å². The third kappa shape index (κ3) is 3.36. The Bertz CT molecular complexity index is 538. The van der Waals surface area contributed by atoms with Gasteiger partial charge in [-0.05, 0) is 22.0 Å². The predicted octanol–water partition coefficient (Wildman–Crippen LogP) is 1.01. The number of nitrogens with one attached hydrogen (secondary N) is 1. The lowest BCUT2D eigenvalue weighted by Crippen LogP contribution is -2.26. The molecule has 0 unspecified atom stereocenters. The van der Waals surface area contributed by atoms with E-state index in [0.29, 0.717) is 24.7 Å².